The van der Waals surface area contributed by atoms with Crippen LogP contribution in [0.15, 0.2) is 53.6 Å². The highest BCUT2D eigenvalue weighted by Gasteiger charge is 2.04. The van der Waals surface area contributed by atoms with E-state index in [-0.39, 0.29) is 12.5 Å². The number of carbonyl (C=O) groups is 2. The molecule has 0 fully saturated rings. The summed E-state index contributed by atoms with van der Waals surface area (Å²) in [6, 6.07) is 13.7. The fourth-order valence-corrected chi connectivity index (χ4v) is 2.09. The highest BCUT2D eigenvalue weighted by Crippen LogP contribution is 2.12. The third-order valence-corrected chi connectivity index (χ3v) is 3.35. The first-order valence-electron chi connectivity index (χ1n) is 8.57. The second kappa shape index (κ2) is 10.6. The molecule has 0 heterocycles. The molecule has 0 aliphatic carbocycles. The predicted octanol–water partition coefficient (Wildman–Crippen LogP) is 2.79. The Balaban J connectivity index is 1.83. The fraction of sp³-hybridized carbons (Fsp3) is 0.250. The van der Waals surface area contributed by atoms with Gasteiger partial charge in [-0.3, -0.25) is 4.79 Å². The van der Waals surface area contributed by atoms with Crippen LogP contribution in [0.5, 0.6) is 11.5 Å². The summed E-state index contributed by atoms with van der Waals surface area (Å²) in [5.41, 5.74) is 3.72. The zero-order valence-electron chi connectivity index (χ0n) is 15.3. The first-order valence-corrected chi connectivity index (χ1v) is 8.57. The van der Waals surface area contributed by atoms with Crippen LogP contribution in [0.2, 0.25) is 0 Å². The molecule has 0 saturated carbocycles. The molecule has 7 nitrogen and oxygen atoms in total. The Kier molecular flexibility index (Phi) is 7.84. The predicted molar refractivity (Wildman–Crippen MR) is 101 cm³/mol. The van der Waals surface area contributed by atoms with Gasteiger partial charge >= 0.3 is 5.97 Å². The number of esters is 1. The molecule has 0 bridgehead atoms. The third kappa shape index (κ3) is 6.81. The van der Waals surface area contributed by atoms with E-state index in [0.717, 1.165) is 5.56 Å². The van der Waals surface area contributed by atoms with Crippen molar-refractivity contribution in [2.24, 2.45) is 5.10 Å². The van der Waals surface area contributed by atoms with Gasteiger partial charge in [-0.15, -0.1) is 0 Å². The molecule has 0 aliphatic heterocycles. The van der Waals surface area contributed by atoms with Crippen LogP contribution in [-0.2, 0) is 9.53 Å². The van der Waals surface area contributed by atoms with Gasteiger partial charge in [0.2, 0.25) is 0 Å². The van der Waals surface area contributed by atoms with E-state index < -0.39 is 5.97 Å². The van der Waals surface area contributed by atoms with Crippen LogP contribution in [0.25, 0.3) is 0 Å². The van der Waals surface area contributed by atoms with Gasteiger partial charge in [0.05, 0.1) is 19.4 Å². The standard InChI is InChI=1S/C20H22N2O5/c1-3-25-17-11-7-16(8-12-17)20(24)22-21-13-15-5-9-18(10-6-15)27-14-19(23)26-4-2/h5-13H,3-4,14H2,1-2H3,(H,22,24)/b21-13-. The molecule has 1 N–H and O–H groups in total. The quantitative estimate of drug-likeness (QED) is 0.417. The molecule has 2 rings (SSSR count). The number of hydrogen-bond acceptors (Lipinski definition) is 6. The lowest BCUT2D eigenvalue weighted by Gasteiger charge is -2.05. The van der Waals surface area contributed by atoms with Crippen LogP contribution in [0, 0.1) is 0 Å². The summed E-state index contributed by atoms with van der Waals surface area (Å²) in [4.78, 5) is 23.3. The average molecular weight is 370 g/mol. The molecule has 0 aliphatic rings. The minimum atomic E-state index is -0.417. The minimum absolute atomic E-state index is 0.139. The normalized spacial score (nSPS) is 10.4. The Labute approximate surface area is 157 Å². The van der Waals surface area contributed by atoms with Crippen molar-refractivity contribution in [3.8, 4) is 11.5 Å². The van der Waals surface area contributed by atoms with Crippen LogP contribution in [0.4, 0.5) is 0 Å². The van der Waals surface area contributed by atoms with Gasteiger partial charge in [-0.05, 0) is 67.9 Å². The molecule has 0 saturated heterocycles. The zero-order chi connectivity index (χ0) is 19.5. The molecule has 0 atom stereocenters. The van der Waals surface area contributed by atoms with Gasteiger partial charge in [0, 0.05) is 5.56 Å². The van der Waals surface area contributed by atoms with Gasteiger partial charge < -0.3 is 14.2 Å². The molecule has 1 amide bonds. The molecule has 0 radical (unpaired) electrons. The summed E-state index contributed by atoms with van der Waals surface area (Å²) >= 11 is 0. The molecule has 0 aromatic heterocycles. The summed E-state index contributed by atoms with van der Waals surface area (Å²) in [6.07, 6.45) is 1.52. The number of hydrazone groups is 1. The largest absolute Gasteiger partial charge is 0.494 e. The first kappa shape index (κ1) is 20.0. The van der Waals surface area contributed by atoms with E-state index in [9.17, 15) is 9.59 Å². The average Bonchev–Trinajstić information content (AvgIpc) is 2.68. The lowest BCUT2D eigenvalue weighted by Crippen LogP contribution is -2.17. The van der Waals surface area contributed by atoms with Gasteiger partial charge in [-0.25, -0.2) is 10.2 Å². The second-order valence-electron chi connectivity index (χ2n) is 5.32. The second-order valence-corrected chi connectivity index (χ2v) is 5.32. The van der Waals surface area contributed by atoms with Crippen molar-refractivity contribution < 1.29 is 23.8 Å². The monoisotopic (exact) mass is 370 g/mol. The van der Waals surface area contributed by atoms with Crippen molar-refractivity contribution >= 4 is 18.1 Å². The van der Waals surface area contributed by atoms with E-state index >= 15 is 0 Å². The maximum Gasteiger partial charge on any atom is 0.344 e. The number of nitrogens with zero attached hydrogens (tertiary/aromatic N) is 1. The summed E-state index contributed by atoms with van der Waals surface area (Å²) < 4.78 is 15.4. The van der Waals surface area contributed by atoms with E-state index in [1.54, 1.807) is 55.5 Å². The number of hydrogen-bond donors (Lipinski definition) is 1. The number of rotatable bonds is 9. The van der Waals surface area contributed by atoms with Crippen molar-refractivity contribution in [1.29, 1.82) is 0 Å². The number of ether oxygens (including phenoxy) is 3. The Bertz CT molecular complexity index is 770. The van der Waals surface area contributed by atoms with E-state index in [0.29, 0.717) is 30.3 Å². The van der Waals surface area contributed by atoms with E-state index in [1.807, 2.05) is 6.92 Å². The van der Waals surface area contributed by atoms with Crippen molar-refractivity contribution in [3.05, 3.63) is 59.7 Å². The highest BCUT2D eigenvalue weighted by molar-refractivity contribution is 5.95. The summed E-state index contributed by atoms with van der Waals surface area (Å²) in [5.74, 6) is 0.519. The molecule has 27 heavy (non-hydrogen) atoms. The Morgan fingerprint density at radius 2 is 1.56 bits per heavy atom. The maximum atomic E-state index is 12.0. The van der Waals surface area contributed by atoms with Crippen molar-refractivity contribution in [2.45, 2.75) is 13.8 Å². The fourth-order valence-electron chi connectivity index (χ4n) is 2.09. The maximum absolute atomic E-state index is 12.0. The van der Waals surface area contributed by atoms with Gasteiger partial charge in [-0.2, -0.15) is 5.10 Å². The Morgan fingerprint density at radius 1 is 0.926 bits per heavy atom. The SMILES string of the molecule is CCOC(=O)COc1ccc(/C=N\NC(=O)c2ccc(OCC)cc2)cc1. The van der Waals surface area contributed by atoms with Gasteiger partial charge in [0.1, 0.15) is 11.5 Å². The van der Waals surface area contributed by atoms with Crippen LogP contribution in [0.1, 0.15) is 29.8 Å². The minimum Gasteiger partial charge on any atom is -0.494 e. The molecule has 7 heteroatoms. The van der Waals surface area contributed by atoms with Crippen LogP contribution < -0.4 is 14.9 Å². The van der Waals surface area contributed by atoms with E-state index in [4.69, 9.17) is 14.2 Å². The van der Waals surface area contributed by atoms with Crippen molar-refractivity contribution in [1.82, 2.24) is 5.43 Å². The lowest BCUT2D eigenvalue weighted by molar-refractivity contribution is -0.145. The molecule has 2 aromatic carbocycles. The lowest BCUT2D eigenvalue weighted by atomic mass is 10.2. The zero-order valence-corrected chi connectivity index (χ0v) is 15.3. The number of nitrogens with one attached hydrogen (secondary N) is 1. The van der Waals surface area contributed by atoms with Crippen molar-refractivity contribution in [2.75, 3.05) is 19.8 Å². The molecular weight excluding hydrogens is 348 g/mol. The highest BCUT2D eigenvalue weighted by atomic mass is 16.6. The molecule has 142 valence electrons. The number of amides is 1. The Morgan fingerprint density at radius 3 is 2.19 bits per heavy atom. The number of carbonyl (C=O) groups excluding carboxylic acids is 2. The summed E-state index contributed by atoms with van der Waals surface area (Å²) in [6.45, 7) is 4.39. The summed E-state index contributed by atoms with van der Waals surface area (Å²) in [5, 5.41) is 3.93. The van der Waals surface area contributed by atoms with Crippen molar-refractivity contribution in [3.63, 3.8) is 0 Å². The smallest absolute Gasteiger partial charge is 0.344 e. The first-order chi connectivity index (χ1) is 13.1. The van der Waals surface area contributed by atoms with E-state index in [1.165, 1.54) is 6.21 Å². The van der Waals surface area contributed by atoms with E-state index in [2.05, 4.69) is 10.5 Å². The topological polar surface area (TPSA) is 86.2 Å². The van der Waals surface area contributed by atoms with Gasteiger partial charge in [-0.1, -0.05) is 0 Å². The van der Waals surface area contributed by atoms with Crippen LogP contribution >= 0.6 is 0 Å². The third-order valence-electron chi connectivity index (χ3n) is 3.35. The van der Waals surface area contributed by atoms with Crippen LogP contribution in [0.3, 0.4) is 0 Å². The molecule has 0 spiro atoms. The van der Waals surface area contributed by atoms with Gasteiger partial charge in [0.15, 0.2) is 6.61 Å². The van der Waals surface area contributed by atoms with Gasteiger partial charge in [0.25, 0.3) is 5.91 Å². The summed E-state index contributed by atoms with van der Waals surface area (Å²) in [7, 11) is 0. The van der Waals surface area contributed by atoms with Crippen LogP contribution in [-0.4, -0.2) is 37.9 Å². The Hall–Kier alpha value is -3.35. The molecular formula is C20H22N2O5. The number of benzene rings is 2. The molecule has 0 unspecified atom stereocenters. The molecule has 2 aromatic rings.